The van der Waals surface area contributed by atoms with E-state index in [9.17, 15) is 0 Å². The average molecular weight is 255 g/mol. The summed E-state index contributed by atoms with van der Waals surface area (Å²) < 4.78 is 0. The Bertz CT molecular complexity index is 182. The van der Waals surface area contributed by atoms with Crippen LogP contribution in [-0.2, 0) is 0 Å². The van der Waals surface area contributed by atoms with Gasteiger partial charge < -0.3 is 10.4 Å². The van der Waals surface area contributed by atoms with Crippen molar-refractivity contribution >= 4 is 0 Å². The van der Waals surface area contributed by atoms with Gasteiger partial charge >= 0.3 is 0 Å². The van der Waals surface area contributed by atoms with Crippen molar-refractivity contribution in [1.82, 2.24) is 5.32 Å². The number of aliphatic hydroxyl groups is 1. The zero-order valence-electron chi connectivity index (χ0n) is 12.5. The lowest BCUT2D eigenvalue weighted by Crippen LogP contribution is -2.36. The lowest BCUT2D eigenvalue weighted by molar-refractivity contribution is 0.231. The van der Waals surface area contributed by atoms with Gasteiger partial charge in [0.15, 0.2) is 0 Å². The van der Waals surface area contributed by atoms with Gasteiger partial charge in [0, 0.05) is 12.6 Å². The second-order valence-corrected chi connectivity index (χ2v) is 6.08. The molecule has 1 unspecified atom stereocenters. The predicted octanol–water partition coefficient (Wildman–Crippen LogP) is 3.73. The summed E-state index contributed by atoms with van der Waals surface area (Å²) in [5, 5.41) is 12.8. The predicted molar refractivity (Wildman–Crippen MR) is 78.8 cm³/mol. The standard InChI is InChI=1S/C16H33NO/c1-3-5-14-7-9-16(10-8-14)17-13-15(6-4-2)11-12-18/h14-18H,3-13H2,1-2H3. The zero-order valence-corrected chi connectivity index (χ0v) is 12.5. The fourth-order valence-corrected chi connectivity index (χ4v) is 3.34. The monoisotopic (exact) mass is 255 g/mol. The highest BCUT2D eigenvalue weighted by molar-refractivity contribution is 4.78. The normalized spacial score (nSPS) is 26.2. The fourth-order valence-electron chi connectivity index (χ4n) is 3.34. The van der Waals surface area contributed by atoms with Crippen LogP contribution in [0.1, 0.15) is 71.6 Å². The molecule has 1 aliphatic carbocycles. The van der Waals surface area contributed by atoms with E-state index in [1.807, 2.05) is 0 Å². The van der Waals surface area contributed by atoms with E-state index < -0.39 is 0 Å². The molecule has 0 heterocycles. The Balaban J connectivity index is 2.15. The number of hydrogen-bond acceptors (Lipinski definition) is 2. The molecule has 0 aliphatic heterocycles. The van der Waals surface area contributed by atoms with E-state index >= 15 is 0 Å². The van der Waals surface area contributed by atoms with Crippen LogP contribution in [0.25, 0.3) is 0 Å². The highest BCUT2D eigenvalue weighted by Crippen LogP contribution is 2.27. The summed E-state index contributed by atoms with van der Waals surface area (Å²) in [5.41, 5.74) is 0. The van der Waals surface area contributed by atoms with Crippen LogP contribution in [0.5, 0.6) is 0 Å². The maximum Gasteiger partial charge on any atom is 0.0434 e. The van der Waals surface area contributed by atoms with Crippen molar-refractivity contribution < 1.29 is 5.11 Å². The van der Waals surface area contributed by atoms with E-state index in [0.29, 0.717) is 12.5 Å². The van der Waals surface area contributed by atoms with Crippen molar-refractivity contribution in [3.8, 4) is 0 Å². The molecule has 1 aliphatic rings. The Morgan fingerprint density at radius 1 is 1.06 bits per heavy atom. The molecule has 2 nitrogen and oxygen atoms in total. The van der Waals surface area contributed by atoms with Crippen molar-refractivity contribution in [3.05, 3.63) is 0 Å². The largest absolute Gasteiger partial charge is 0.396 e. The summed E-state index contributed by atoms with van der Waals surface area (Å²) in [6.07, 6.45) is 11.8. The lowest BCUT2D eigenvalue weighted by atomic mass is 9.83. The van der Waals surface area contributed by atoms with Gasteiger partial charge in [-0.25, -0.2) is 0 Å². The molecule has 0 radical (unpaired) electrons. The summed E-state index contributed by atoms with van der Waals surface area (Å²) in [4.78, 5) is 0. The molecule has 1 atom stereocenters. The molecule has 0 spiro atoms. The van der Waals surface area contributed by atoms with Gasteiger partial charge in [-0.15, -0.1) is 0 Å². The third kappa shape index (κ3) is 6.19. The Morgan fingerprint density at radius 2 is 1.78 bits per heavy atom. The molecule has 0 aromatic carbocycles. The second kappa shape index (κ2) is 9.80. The van der Waals surface area contributed by atoms with Gasteiger partial charge in [0.1, 0.15) is 0 Å². The maximum atomic E-state index is 9.07. The molecular formula is C16H33NO. The van der Waals surface area contributed by atoms with E-state index in [-0.39, 0.29) is 0 Å². The Kier molecular flexibility index (Phi) is 8.70. The molecular weight excluding hydrogens is 222 g/mol. The van der Waals surface area contributed by atoms with Crippen molar-refractivity contribution in [2.24, 2.45) is 11.8 Å². The molecule has 0 saturated heterocycles. The molecule has 0 amide bonds. The maximum absolute atomic E-state index is 9.07. The lowest BCUT2D eigenvalue weighted by Gasteiger charge is -2.30. The SMILES string of the molecule is CCCC1CCC(NCC(CCC)CCO)CC1. The molecule has 2 heteroatoms. The van der Waals surface area contributed by atoms with Gasteiger partial charge in [0.05, 0.1) is 0 Å². The van der Waals surface area contributed by atoms with Crippen LogP contribution in [0.15, 0.2) is 0 Å². The minimum Gasteiger partial charge on any atom is -0.396 e. The minimum absolute atomic E-state index is 0.343. The van der Waals surface area contributed by atoms with Crippen LogP contribution in [0.4, 0.5) is 0 Å². The van der Waals surface area contributed by atoms with Crippen molar-refractivity contribution in [1.29, 1.82) is 0 Å². The van der Waals surface area contributed by atoms with Crippen LogP contribution in [0.3, 0.4) is 0 Å². The van der Waals surface area contributed by atoms with Crippen LogP contribution in [-0.4, -0.2) is 24.3 Å². The fraction of sp³-hybridized carbons (Fsp3) is 1.00. The first-order chi connectivity index (χ1) is 8.80. The summed E-state index contributed by atoms with van der Waals surface area (Å²) in [7, 11) is 0. The van der Waals surface area contributed by atoms with E-state index in [2.05, 4.69) is 19.2 Å². The van der Waals surface area contributed by atoms with E-state index in [0.717, 1.165) is 24.9 Å². The second-order valence-electron chi connectivity index (χ2n) is 6.08. The van der Waals surface area contributed by atoms with Crippen molar-refractivity contribution in [3.63, 3.8) is 0 Å². The number of hydrogen-bond donors (Lipinski definition) is 2. The van der Waals surface area contributed by atoms with Gasteiger partial charge in [-0.1, -0.05) is 33.1 Å². The van der Waals surface area contributed by atoms with Gasteiger partial charge in [0.2, 0.25) is 0 Å². The smallest absolute Gasteiger partial charge is 0.0434 e. The Hall–Kier alpha value is -0.0800. The van der Waals surface area contributed by atoms with Crippen LogP contribution >= 0.6 is 0 Å². The molecule has 108 valence electrons. The summed E-state index contributed by atoms with van der Waals surface area (Å²) >= 11 is 0. The third-order valence-corrected chi connectivity index (χ3v) is 4.47. The van der Waals surface area contributed by atoms with Crippen LogP contribution in [0, 0.1) is 11.8 Å². The van der Waals surface area contributed by atoms with E-state index in [1.165, 1.54) is 51.4 Å². The molecule has 1 rings (SSSR count). The quantitative estimate of drug-likeness (QED) is 0.658. The number of nitrogens with one attached hydrogen (secondary N) is 1. The van der Waals surface area contributed by atoms with Crippen molar-refractivity contribution in [2.45, 2.75) is 77.7 Å². The average Bonchev–Trinajstić information content (AvgIpc) is 2.38. The van der Waals surface area contributed by atoms with Gasteiger partial charge in [0.25, 0.3) is 0 Å². The molecule has 2 N–H and O–H groups in total. The molecule has 0 aromatic rings. The van der Waals surface area contributed by atoms with Crippen molar-refractivity contribution in [2.75, 3.05) is 13.2 Å². The minimum atomic E-state index is 0.343. The topological polar surface area (TPSA) is 32.3 Å². The molecule has 18 heavy (non-hydrogen) atoms. The number of rotatable bonds is 9. The van der Waals surface area contributed by atoms with E-state index in [4.69, 9.17) is 5.11 Å². The van der Waals surface area contributed by atoms with Gasteiger partial charge in [-0.2, -0.15) is 0 Å². The third-order valence-electron chi connectivity index (χ3n) is 4.47. The molecule has 1 saturated carbocycles. The first kappa shape index (κ1) is 16.0. The van der Waals surface area contributed by atoms with Gasteiger partial charge in [-0.3, -0.25) is 0 Å². The Morgan fingerprint density at radius 3 is 2.33 bits per heavy atom. The van der Waals surface area contributed by atoms with Crippen LogP contribution < -0.4 is 5.32 Å². The zero-order chi connectivity index (χ0) is 13.2. The molecule has 1 fully saturated rings. The highest BCUT2D eigenvalue weighted by atomic mass is 16.3. The first-order valence-corrected chi connectivity index (χ1v) is 8.14. The summed E-state index contributed by atoms with van der Waals surface area (Å²) in [5.74, 6) is 1.67. The van der Waals surface area contributed by atoms with E-state index in [1.54, 1.807) is 0 Å². The molecule has 0 bridgehead atoms. The first-order valence-electron chi connectivity index (χ1n) is 8.14. The number of aliphatic hydroxyl groups excluding tert-OH is 1. The van der Waals surface area contributed by atoms with Crippen LogP contribution in [0.2, 0.25) is 0 Å². The molecule has 0 aromatic heterocycles. The summed E-state index contributed by atoms with van der Waals surface area (Å²) in [6, 6.07) is 0.746. The van der Waals surface area contributed by atoms with Gasteiger partial charge in [-0.05, 0) is 56.9 Å². The Labute approximate surface area is 114 Å². The highest BCUT2D eigenvalue weighted by Gasteiger charge is 2.20. The summed E-state index contributed by atoms with van der Waals surface area (Å²) in [6.45, 7) is 5.99.